The van der Waals surface area contributed by atoms with E-state index >= 15 is 0 Å². The van der Waals surface area contributed by atoms with Crippen LogP contribution in [0.5, 0.6) is 5.75 Å². The largest absolute Gasteiger partial charge is 0.488 e. The number of benzene rings is 2. The molecule has 0 fully saturated rings. The average Bonchev–Trinajstić information content (AvgIpc) is 2.37. The van der Waals surface area contributed by atoms with Crippen LogP contribution in [-0.4, -0.2) is 13.0 Å². The molecule has 4 nitrogen and oxygen atoms in total. The highest BCUT2D eigenvalue weighted by Gasteiger charge is 2.12. The van der Waals surface area contributed by atoms with Crippen molar-refractivity contribution in [1.82, 2.24) is 0 Å². The zero-order valence-electron chi connectivity index (χ0n) is 9.78. The minimum absolute atomic E-state index is 0.135. The molecule has 0 radical (unpaired) electrons. The highest BCUT2D eigenvalue weighted by atomic mass is 127. The zero-order valence-corrected chi connectivity index (χ0v) is 12.8. The van der Waals surface area contributed by atoms with E-state index in [0.29, 0.717) is 15.9 Å². The second-order valence-corrected chi connectivity index (χ2v) is 6.43. The van der Waals surface area contributed by atoms with Crippen molar-refractivity contribution in [3.05, 3.63) is 57.7 Å². The van der Waals surface area contributed by atoms with Gasteiger partial charge in [-0.1, -0.05) is 30.3 Å². The summed E-state index contributed by atoms with van der Waals surface area (Å²) >= 11 is 1.97. The van der Waals surface area contributed by atoms with Gasteiger partial charge in [0.05, 0.1) is 8.47 Å². The monoisotopic (exact) mass is 390 g/mol. The summed E-state index contributed by atoms with van der Waals surface area (Å²) in [5.41, 5.74) is 1.03. The minimum Gasteiger partial charge on any atom is -0.488 e. The summed E-state index contributed by atoms with van der Waals surface area (Å²) in [6.45, 7) is 0.405. The van der Waals surface area contributed by atoms with Crippen LogP contribution in [0.2, 0.25) is 0 Å². The van der Waals surface area contributed by atoms with Crippen molar-refractivity contribution in [2.45, 2.75) is 11.5 Å². The Hall–Kier alpha value is -1.12. The third-order valence-corrected chi connectivity index (χ3v) is 4.13. The molecule has 0 heterocycles. The van der Waals surface area contributed by atoms with Gasteiger partial charge in [-0.2, -0.15) is 8.42 Å². The fourth-order valence-electron chi connectivity index (χ4n) is 1.49. The molecule has 0 saturated carbocycles. The van der Waals surface area contributed by atoms with Crippen LogP contribution in [0.3, 0.4) is 0 Å². The lowest BCUT2D eigenvalue weighted by atomic mass is 10.2. The Labute approximate surface area is 125 Å². The van der Waals surface area contributed by atoms with E-state index in [-0.39, 0.29) is 4.90 Å². The molecule has 0 saturated heterocycles. The van der Waals surface area contributed by atoms with Gasteiger partial charge in [-0.3, -0.25) is 4.55 Å². The quantitative estimate of drug-likeness (QED) is 0.644. The maximum absolute atomic E-state index is 11.0. The lowest BCUT2D eigenvalue weighted by Crippen LogP contribution is -2.01. The summed E-state index contributed by atoms with van der Waals surface area (Å²) < 4.78 is 37.1. The van der Waals surface area contributed by atoms with Crippen LogP contribution in [0, 0.1) is 3.57 Å². The molecule has 0 aromatic heterocycles. The summed E-state index contributed by atoms with van der Waals surface area (Å²) in [7, 11) is -4.17. The van der Waals surface area contributed by atoms with Crippen molar-refractivity contribution in [2.24, 2.45) is 0 Å². The maximum Gasteiger partial charge on any atom is 0.294 e. The molecule has 2 aromatic rings. The topological polar surface area (TPSA) is 63.6 Å². The van der Waals surface area contributed by atoms with Crippen LogP contribution in [0.1, 0.15) is 5.56 Å². The molecule has 2 aromatic carbocycles. The zero-order chi connectivity index (χ0) is 13.9. The molecule has 0 aliphatic heterocycles. The second kappa shape index (κ2) is 5.89. The fourth-order valence-corrected chi connectivity index (χ4v) is 2.88. The molecular weight excluding hydrogens is 379 g/mol. The number of halogens is 1. The second-order valence-electron chi connectivity index (χ2n) is 3.84. The minimum atomic E-state index is -4.17. The number of hydrogen-bond acceptors (Lipinski definition) is 3. The van der Waals surface area contributed by atoms with Crippen molar-refractivity contribution in [3.63, 3.8) is 0 Å². The molecule has 0 bridgehead atoms. The van der Waals surface area contributed by atoms with Gasteiger partial charge in [0.25, 0.3) is 10.1 Å². The van der Waals surface area contributed by atoms with Gasteiger partial charge in [-0.15, -0.1) is 0 Å². The maximum atomic E-state index is 11.0. The first-order chi connectivity index (χ1) is 8.97. The Balaban J connectivity index is 2.14. The van der Waals surface area contributed by atoms with Gasteiger partial charge in [0, 0.05) is 0 Å². The van der Waals surface area contributed by atoms with E-state index in [0.717, 1.165) is 5.56 Å². The molecule has 0 amide bonds. The van der Waals surface area contributed by atoms with Gasteiger partial charge in [0.15, 0.2) is 0 Å². The molecule has 0 atom stereocenters. The lowest BCUT2D eigenvalue weighted by Gasteiger charge is -2.09. The predicted molar refractivity (Wildman–Crippen MR) is 79.7 cm³/mol. The Bertz CT molecular complexity index is 668. The Morgan fingerprint density at radius 3 is 2.37 bits per heavy atom. The van der Waals surface area contributed by atoms with Crippen LogP contribution in [-0.2, 0) is 16.7 Å². The SMILES string of the molecule is O=S(=O)(O)c1ccc(OCc2ccccc2)c(I)c1. The van der Waals surface area contributed by atoms with Crippen molar-refractivity contribution >= 4 is 32.7 Å². The summed E-state index contributed by atoms with van der Waals surface area (Å²) in [5, 5.41) is 0. The standard InChI is InChI=1S/C13H11IO4S/c14-12-8-11(19(15,16)17)6-7-13(12)18-9-10-4-2-1-3-5-10/h1-8H,9H2,(H,15,16,17). The molecule has 100 valence electrons. The first-order valence-electron chi connectivity index (χ1n) is 5.40. The van der Waals surface area contributed by atoms with Gasteiger partial charge in [0.1, 0.15) is 12.4 Å². The van der Waals surface area contributed by atoms with E-state index in [1.54, 1.807) is 0 Å². The molecular formula is C13H11IO4S. The summed E-state index contributed by atoms with van der Waals surface area (Å²) in [6.07, 6.45) is 0. The normalized spacial score (nSPS) is 11.3. The summed E-state index contributed by atoms with van der Waals surface area (Å²) in [5.74, 6) is 0.580. The summed E-state index contributed by atoms with van der Waals surface area (Å²) in [4.78, 5) is -0.135. The van der Waals surface area contributed by atoms with Crippen LogP contribution in [0.4, 0.5) is 0 Å². The average molecular weight is 390 g/mol. The number of rotatable bonds is 4. The van der Waals surface area contributed by atoms with Crippen molar-refractivity contribution in [2.75, 3.05) is 0 Å². The van der Waals surface area contributed by atoms with Gasteiger partial charge in [-0.25, -0.2) is 0 Å². The number of hydrogen-bond donors (Lipinski definition) is 1. The van der Waals surface area contributed by atoms with Gasteiger partial charge >= 0.3 is 0 Å². The van der Waals surface area contributed by atoms with E-state index in [4.69, 9.17) is 9.29 Å². The summed E-state index contributed by atoms with van der Waals surface area (Å²) in [6, 6.07) is 13.9. The lowest BCUT2D eigenvalue weighted by molar-refractivity contribution is 0.303. The number of ether oxygens (including phenoxy) is 1. The molecule has 1 N–H and O–H groups in total. The van der Waals surface area contributed by atoms with Crippen LogP contribution in [0.15, 0.2) is 53.4 Å². The molecule has 0 spiro atoms. The van der Waals surface area contributed by atoms with E-state index in [1.807, 2.05) is 52.9 Å². The molecule has 0 aliphatic rings. The molecule has 0 unspecified atom stereocenters. The van der Waals surface area contributed by atoms with Gasteiger partial charge in [-0.05, 0) is 46.4 Å². The van der Waals surface area contributed by atoms with Crippen molar-refractivity contribution in [1.29, 1.82) is 0 Å². The molecule has 0 aliphatic carbocycles. The van der Waals surface area contributed by atoms with Crippen LogP contribution in [0.25, 0.3) is 0 Å². The van der Waals surface area contributed by atoms with Crippen LogP contribution < -0.4 is 4.74 Å². The van der Waals surface area contributed by atoms with Gasteiger partial charge in [0.2, 0.25) is 0 Å². The van der Waals surface area contributed by atoms with E-state index < -0.39 is 10.1 Å². The predicted octanol–water partition coefficient (Wildman–Crippen LogP) is 3.12. The van der Waals surface area contributed by atoms with Crippen molar-refractivity contribution in [3.8, 4) is 5.75 Å². The highest BCUT2D eigenvalue weighted by molar-refractivity contribution is 14.1. The molecule has 6 heteroatoms. The smallest absolute Gasteiger partial charge is 0.294 e. The first kappa shape index (κ1) is 14.3. The Morgan fingerprint density at radius 2 is 1.79 bits per heavy atom. The van der Waals surface area contributed by atoms with E-state index in [9.17, 15) is 8.42 Å². The first-order valence-corrected chi connectivity index (χ1v) is 7.92. The third kappa shape index (κ3) is 3.92. The van der Waals surface area contributed by atoms with Gasteiger partial charge < -0.3 is 4.74 Å². The fraction of sp³-hybridized carbons (Fsp3) is 0.0769. The van der Waals surface area contributed by atoms with Crippen molar-refractivity contribution < 1.29 is 17.7 Å². The Kier molecular flexibility index (Phi) is 4.43. The highest BCUT2D eigenvalue weighted by Crippen LogP contribution is 2.25. The molecule has 19 heavy (non-hydrogen) atoms. The molecule has 2 rings (SSSR count). The Morgan fingerprint density at radius 1 is 1.11 bits per heavy atom. The van der Waals surface area contributed by atoms with E-state index in [1.165, 1.54) is 18.2 Å². The van der Waals surface area contributed by atoms with Crippen LogP contribution >= 0.6 is 22.6 Å². The third-order valence-electron chi connectivity index (χ3n) is 2.44. The van der Waals surface area contributed by atoms with E-state index in [2.05, 4.69) is 0 Å².